The van der Waals surface area contributed by atoms with Gasteiger partial charge in [0.05, 0.1) is 5.56 Å². The van der Waals surface area contributed by atoms with E-state index in [1.54, 1.807) is 24.3 Å². The third-order valence-electron chi connectivity index (χ3n) is 2.21. The molecule has 0 aliphatic heterocycles. The molecular weight excluding hydrogens is 216 g/mol. The van der Waals surface area contributed by atoms with Crippen molar-refractivity contribution >= 4 is 5.91 Å². The van der Waals surface area contributed by atoms with E-state index in [1.807, 2.05) is 6.92 Å². The van der Waals surface area contributed by atoms with Gasteiger partial charge in [-0.25, -0.2) is 0 Å². The fourth-order valence-corrected chi connectivity index (χ4v) is 1.33. The zero-order valence-electron chi connectivity index (χ0n) is 10.0. The summed E-state index contributed by atoms with van der Waals surface area (Å²) < 4.78 is 5.52. The van der Waals surface area contributed by atoms with Crippen LogP contribution in [-0.4, -0.2) is 25.6 Å². The molecule has 1 aromatic rings. The number of nitrogens with one attached hydrogen (secondary N) is 1. The Labute approximate surface area is 101 Å². The maximum Gasteiger partial charge on any atom is 0.252 e. The van der Waals surface area contributed by atoms with Gasteiger partial charge in [-0.3, -0.25) is 4.79 Å². The Hall–Kier alpha value is -1.81. The number of rotatable bonds is 7. The fourth-order valence-electron chi connectivity index (χ4n) is 1.33. The summed E-state index contributed by atoms with van der Waals surface area (Å²) in [7, 11) is 0. The Morgan fingerprint density at radius 3 is 2.82 bits per heavy atom. The number of ether oxygens (including phenoxy) is 1. The Kier molecular flexibility index (Phi) is 5.23. The van der Waals surface area contributed by atoms with Crippen LogP contribution in [0.2, 0.25) is 0 Å². The van der Waals surface area contributed by atoms with E-state index >= 15 is 0 Å². The number of carbonyl (C=O) groups is 1. The van der Waals surface area contributed by atoms with Crippen molar-refractivity contribution in [3.05, 3.63) is 42.0 Å². The highest BCUT2D eigenvalue weighted by molar-refractivity contribution is 5.95. The van der Waals surface area contributed by atoms with Gasteiger partial charge in [0.25, 0.3) is 5.91 Å². The highest BCUT2D eigenvalue weighted by atomic mass is 16.5. The smallest absolute Gasteiger partial charge is 0.252 e. The van der Waals surface area contributed by atoms with Crippen LogP contribution in [0.3, 0.4) is 0 Å². The Balaban J connectivity index is 2.57. The first-order valence-electron chi connectivity index (χ1n) is 5.54. The minimum absolute atomic E-state index is 0.372. The maximum absolute atomic E-state index is 11.1. The topological polar surface area (TPSA) is 64.3 Å². The monoisotopic (exact) mass is 234 g/mol. The molecule has 1 rings (SSSR count). The molecule has 0 saturated carbocycles. The van der Waals surface area contributed by atoms with E-state index in [0.29, 0.717) is 24.5 Å². The van der Waals surface area contributed by atoms with Crippen LogP contribution in [0.25, 0.3) is 0 Å². The molecule has 0 aliphatic rings. The Bertz CT molecular complexity index is 402. The summed E-state index contributed by atoms with van der Waals surface area (Å²) in [5.41, 5.74) is 6.56. The summed E-state index contributed by atoms with van der Waals surface area (Å²) in [5.74, 6) is 0.00976. The van der Waals surface area contributed by atoms with Crippen molar-refractivity contribution in [2.24, 2.45) is 5.73 Å². The average molecular weight is 234 g/mol. The first kappa shape index (κ1) is 13.3. The quantitative estimate of drug-likeness (QED) is 0.699. The van der Waals surface area contributed by atoms with Crippen LogP contribution in [0.5, 0.6) is 5.75 Å². The van der Waals surface area contributed by atoms with Gasteiger partial charge in [0.1, 0.15) is 12.4 Å². The minimum atomic E-state index is -0.488. The first-order chi connectivity index (χ1) is 8.15. The second kappa shape index (κ2) is 6.70. The van der Waals surface area contributed by atoms with E-state index in [9.17, 15) is 4.79 Å². The van der Waals surface area contributed by atoms with Gasteiger partial charge in [-0.1, -0.05) is 25.6 Å². The van der Waals surface area contributed by atoms with Crippen LogP contribution >= 0.6 is 0 Å². The predicted octanol–water partition coefficient (Wildman–Crippen LogP) is 1.33. The van der Waals surface area contributed by atoms with Crippen molar-refractivity contribution in [1.82, 2.24) is 5.32 Å². The molecule has 0 spiro atoms. The van der Waals surface area contributed by atoms with E-state index in [4.69, 9.17) is 10.5 Å². The van der Waals surface area contributed by atoms with Crippen LogP contribution < -0.4 is 15.8 Å². The summed E-state index contributed by atoms with van der Waals surface area (Å²) in [6.45, 7) is 7.86. The lowest BCUT2D eigenvalue weighted by atomic mass is 10.2. The molecule has 0 fully saturated rings. The van der Waals surface area contributed by atoms with Gasteiger partial charge in [0.15, 0.2) is 0 Å². The standard InChI is InChI=1S/C13H18N2O2/c1-3-15-8-10(2)9-17-12-7-5-4-6-11(12)13(14)16/h4-7,15H,2-3,8-9H2,1H3,(H2,14,16). The van der Waals surface area contributed by atoms with Gasteiger partial charge in [-0.05, 0) is 24.3 Å². The number of benzene rings is 1. The van der Waals surface area contributed by atoms with Gasteiger partial charge in [-0.2, -0.15) is 0 Å². The number of likely N-dealkylation sites (N-methyl/N-ethyl adjacent to an activating group) is 1. The van der Waals surface area contributed by atoms with E-state index in [1.165, 1.54) is 0 Å². The molecule has 4 heteroatoms. The van der Waals surface area contributed by atoms with Crippen LogP contribution in [-0.2, 0) is 0 Å². The lowest BCUT2D eigenvalue weighted by Crippen LogP contribution is -2.19. The summed E-state index contributed by atoms with van der Waals surface area (Å²) in [5, 5.41) is 3.15. The van der Waals surface area contributed by atoms with Gasteiger partial charge in [0.2, 0.25) is 0 Å². The van der Waals surface area contributed by atoms with Crippen molar-refractivity contribution in [3.63, 3.8) is 0 Å². The molecule has 0 aliphatic carbocycles. The summed E-state index contributed by atoms with van der Waals surface area (Å²) in [6.07, 6.45) is 0. The van der Waals surface area contributed by atoms with E-state index < -0.39 is 5.91 Å². The molecular formula is C13H18N2O2. The molecule has 1 amide bonds. The average Bonchev–Trinajstić information content (AvgIpc) is 2.34. The van der Waals surface area contributed by atoms with Crippen molar-refractivity contribution in [1.29, 1.82) is 0 Å². The van der Waals surface area contributed by atoms with Gasteiger partial charge in [-0.15, -0.1) is 0 Å². The largest absolute Gasteiger partial charge is 0.488 e. The predicted molar refractivity (Wildman–Crippen MR) is 68.1 cm³/mol. The van der Waals surface area contributed by atoms with Gasteiger partial charge < -0.3 is 15.8 Å². The fraction of sp³-hybridized carbons (Fsp3) is 0.308. The number of para-hydroxylation sites is 1. The van der Waals surface area contributed by atoms with Crippen molar-refractivity contribution in [2.75, 3.05) is 19.7 Å². The number of hydrogen-bond acceptors (Lipinski definition) is 3. The summed E-state index contributed by atoms with van der Waals surface area (Å²) in [6, 6.07) is 6.92. The number of carbonyl (C=O) groups excluding carboxylic acids is 1. The molecule has 0 radical (unpaired) electrons. The van der Waals surface area contributed by atoms with Gasteiger partial charge in [0, 0.05) is 6.54 Å². The van der Waals surface area contributed by atoms with E-state index in [-0.39, 0.29) is 0 Å². The zero-order valence-corrected chi connectivity index (χ0v) is 10.0. The van der Waals surface area contributed by atoms with Gasteiger partial charge >= 0.3 is 0 Å². The number of primary amides is 1. The van der Waals surface area contributed by atoms with E-state index in [0.717, 1.165) is 12.1 Å². The first-order valence-corrected chi connectivity index (χ1v) is 5.54. The SMILES string of the molecule is C=C(CNCC)COc1ccccc1C(N)=O. The molecule has 92 valence electrons. The normalized spacial score (nSPS) is 9.94. The molecule has 0 unspecified atom stereocenters. The summed E-state index contributed by atoms with van der Waals surface area (Å²) >= 11 is 0. The number of nitrogens with two attached hydrogens (primary N) is 1. The van der Waals surface area contributed by atoms with Crippen molar-refractivity contribution in [3.8, 4) is 5.75 Å². The lowest BCUT2D eigenvalue weighted by molar-refractivity contribution is 0.0997. The zero-order chi connectivity index (χ0) is 12.7. The van der Waals surface area contributed by atoms with Crippen molar-refractivity contribution < 1.29 is 9.53 Å². The molecule has 3 N–H and O–H groups in total. The second-order valence-corrected chi connectivity index (χ2v) is 3.68. The second-order valence-electron chi connectivity index (χ2n) is 3.68. The molecule has 1 aromatic carbocycles. The Morgan fingerprint density at radius 2 is 2.18 bits per heavy atom. The molecule has 0 bridgehead atoms. The van der Waals surface area contributed by atoms with Crippen molar-refractivity contribution in [2.45, 2.75) is 6.92 Å². The molecule has 4 nitrogen and oxygen atoms in total. The third-order valence-corrected chi connectivity index (χ3v) is 2.21. The lowest BCUT2D eigenvalue weighted by Gasteiger charge is -2.11. The maximum atomic E-state index is 11.1. The number of hydrogen-bond donors (Lipinski definition) is 2. The third kappa shape index (κ3) is 4.28. The highest BCUT2D eigenvalue weighted by Gasteiger charge is 2.08. The molecule has 0 heterocycles. The molecule has 0 aromatic heterocycles. The van der Waals surface area contributed by atoms with Crippen LogP contribution in [0.15, 0.2) is 36.4 Å². The summed E-state index contributed by atoms with van der Waals surface area (Å²) in [4.78, 5) is 11.1. The van der Waals surface area contributed by atoms with E-state index in [2.05, 4.69) is 11.9 Å². The van der Waals surface area contributed by atoms with Crippen LogP contribution in [0, 0.1) is 0 Å². The molecule has 0 atom stereocenters. The van der Waals surface area contributed by atoms with Crippen LogP contribution in [0.1, 0.15) is 17.3 Å². The highest BCUT2D eigenvalue weighted by Crippen LogP contribution is 2.17. The van der Waals surface area contributed by atoms with Crippen LogP contribution in [0.4, 0.5) is 0 Å². The molecule has 17 heavy (non-hydrogen) atoms. The molecule has 0 saturated heterocycles. The Morgan fingerprint density at radius 1 is 1.47 bits per heavy atom. The number of amides is 1. The minimum Gasteiger partial charge on any atom is -0.488 e.